The molecule has 0 fully saturated rings. The molecule has 0 aromatic carbocycles. The summed E-state index contributed by atoms with van der Waals surface area (Å²) < 4.78 is 25.1. The summed E-state index contributed by atoms with van der Waals surface area (Å²) >= 11 is 7.24. The van der Waals surface area contributed by atoms with Crippen molar-refractivity contribution in [2.45, 2.75) is 12.8 Å². The molecular formula is C8H5ClF2INO2. The number of halogens is 4. The first kappa shape index (κ1) is 12.6. The number of carbonyl (C=O) groups is 1. The van der Waals surface area contributed by atoms with Gasteiger partial charge in [0.2, 0.25) is 0 Å². The van der Waals surface area contributed by atoms with Crippen LogP contribution in [0.3, 0.4) is 0 Å². The number of carboxylic acids is 1. The highest BCUT2D eigenvalue weighted by Gasteiger charge is 2.17. The van der Waals surface area contributed by atoms with Crippen molar-refractivity contribution in [1.82, 2.24) is 4.98 Å². The number of hydrogen-bond acceptors (Lipinski definition) is 2. The molecule has 0 bridgehead atoms. The van der Waals surface area contributed by atoms with Crippen LogP contribution in [0.5, 0.6) is 0 Å². The van der Waals surface area contributed by atoms with Gasteiger partial charge in [0.1, 0.15) is 5.15 Å². The number of alkyl halides is 2. The molecule has 82 valence electrons. The molecule has 15 heavy (non-hydrogen) atoms. The zero-order valence-electron chi connectivity index (χ0n) is 7.18. The van der Waals surface area contributed by atoms with Crippen molar-refractivity contribution in [2.24, 2.45) is 0 Å². The number of rotatable bonds is 3. The Morgan fingerprint density at radius 2 is 2.27 bits per heavy atom. The quantitative estimate of drug-likeness (QED) is 0.676. The highest BCUT2D eigenvalue weighted by Crippen LogP contribution is 2.28. The molecule has 1 rings (SSSR count). The van der Waals surface area contributed by atoms with E-state index in [1.54, 1.807) is 22.6 Å². The first-order valence-corrected chi connectivity index (χ1v) is 5.22. The van der Waals surface area contributed by atoms with Crippen molar-refractivity contribution in [2.75, 3.05) is 0 Å². The molecule has 1 aromatic heterocycles. The summed E-state index contributed by atoms with van der Waals surface area (Å²) in [5, 5.41) is 8.18. The summed E-state index contributed by atoms with van der Waals surface area (Å²) in [6.07, 6.45) is -3.04. The van der Waals surface area contributed by atoms with Crippen LogP contribution >= 0.6 is 34.2 Å². The minimum Gasteiger partial charge on any atom is -0.481 e. The molecule has 0 radical (unpaired) electrons. The normalized spacial score (nSPS) is 10.7. The fraction of sp³-hybridized carbons (Fsp3) is 0.250. The second-order valence-electron chi connectivity index (χ2n) is 2.67. The minimum atomic E-state index is -2.71. The second-order valence-corrected chi connectivity index (χ2v) is 4.19. The summed E-state index contributed by atoms with van der Waals surface area (Å²) in [7, 11) is 0. The van der Waals surface area contributed by atoms with Gasteiger partial charge in [-0.05, 0) is 28.7 Å². The van der Waals surface area contributed by atoms with Crippen LogP contribution in [0.1, 0.15) is 17.7 Å². The van der Waals surface area contributed by atoms with Crippen molar-refractivity contribution < 1.29 is 18.7 Å². The van der Waals surface area contributed by atoms with E-state index >= 15 is 0 Å². The van der Waals surface area contributed by atoms with E-state index in [1.807, 2.05) is 0 Å². The number of carboxylic acid groups (broad SMARTS) is 1. The second kappa shape index (κ2) is 5.02. The maximum atomic E-state index is 12.4. The summed E-state index contributed by atoms with van der Waals surface area (Å²) in [5.41, 5.74) is -0.187. The molecule has 7 heteroatoms. The fourth-order valence-electron chi connectivity index (χ4n) is 0.936. The maximum Gasteiger partial charge on any atom is 0.309 e. The molecule has 0 aliphatic heterocycles. The van der Waals surface area contributed by atoms with E-state index in [4.69, 9.17) is 16.7 Å². The summed E-state index contributed by atoms with van der Waals surface area (Å²) in [6.45, 7) is 0. The average molecular weight is 347 g/mol. The van der Waals surface area contributed by atoms with Crippen molar-refractivity contribution in [3.63, 3.8) is 0 Å². The summed E-state index contributed by atoms with van der Waals surface area (Å²) in [5.74, 6) is -1.08. The molecule has 1 aromatic rings. The Morgan fingerprint density at radius 1 is 1.67 bits per heavy atom. The lowest BCUT2D eigenvalue weighted by Gasteiger charge is -2.06. The van der Waals surface area contributed by atoms with Crippen LogP contribution in [-0.4, -0.2) is 16.1 Å². The first-order valence-electron chi connectivity index (χ1n) is 3.76. The number of pyridine rings is 1. The van der Waals surface area contributed by atoms with E-state index in [2.05, 4.69) is 4.98 Å². The molecule has 0 saturated carbocycles. The van der Waals surface area contributed by atoms with E-state index in [0.29, 0.717) is 3.57 Å². The summed E-state index contributed by atoms with van der Waals surface area (Å²) in [6, 6.07) is 1.15. The third-order valence-corrected chi connectivity index (χ3v) is 2.82. The SMILES string of the molecule is O=C(O)Cc1nc(Cl)c(C(F)F)cc1I. The lowest BCUT2D eigenvalue weighted by Crippen LogP contribution is -2.06. The average Bonchev–Trinajstić information content (AvgIpc) is 2.09. The van der Waals surface area contributed by atoms with E-state index in [1.165, 1.54) is 0 Å². The molecular weight excluding hydrogens is 342 g/mol. The Bertz CT molecular complexity index is 400. The van der Waals surface area contributed by atoms with Crippen LogP contribution in [0.25, 0.3) is 0 Å². The van der Waals surface area contributed by atoms with Gasteiger partial charge in [0, 0.05) is 3.57 Å². The molecule has 1 N–H and O–H groups in total. The number of hydrogen-bond donors (Lipinski definition) is 1. The van der Waals surface area contributed by atoms with Gasteiger partial charge in [0.05, 0.1) is 17.7 Å². The van der Waals surface area contributed by atoms with Gasteiger partial charge in [0.25, 0.3) is 6.43 Å². The topological polar surface area (TPSA) is 50.2 Å². The maximum absolute atomic E-state index is 12.4. The number of aromatic nitrogens is 1. The monoisotopic (exact) mass is 347 g/mol. The van der Waals surface area contributed by atoms with Gasteiger partial charge in [-0.15, -0.1) is 0 Å². The predicted octanol–water partition coefficient (Wildman–Crippen LogP) is 2.90. The van der Waals surface area contributed by atoms with Crippen LogP contribution in [0.2, 0.25) is 5.15 Å². The van der Waals surface area contributed by atoms with Crippen LogP contribution in [0.4, 0.5) is 8.78 Å². The van der Waals surface area contributed by atoms with Gasteiger partial charge < -0.3 is 5.11 Å². The van der Waals surface area contributed by atoms with E-state index < -0.39 is 12.4 Å². The molecule has 3 nitrogen and oxygen atoms in total. The smallest absolute Gasteiger partial charge is 0.309 e. The number of nitrogens with zero attached hydrogens (tertiary/aromatic N) is 1. The molecule has 0 aliphatic rings. The van der Waals surface area contributed by atoms with E-state index in [-0.39, 0.29) is 22.8 Å². The van der Waals surface area contributed by atoms with E-state index in [0.717, 1.165) is 6.07 Å². The minimum absolute atomic E-state index is 0.192. The highest BCUT2D eigenvalue weighted by molar-refractivity contribution is 14.1. The largest absolute Gasteiger partial charge is 0.481 e. The Hall–Kier alpha value is -0.500. The van der Waals surface area contributed by atoms with Crippen molar-refractivity contribution in [3.8, 4) is 0 Å². The van der Waals surface area contributed by atoms with Crippen molar-refractivity contribution in [3.05, 3.63) is 26.0 Å². The zero-order valence-corrected chi connectivity index (χ0v) is 10.1. The standard InChI is InChI=1S/C8H5ClF2INO2/c9-7-3(8(10)11)1-4(12)5(13-7)2-6(14)15/h1,8H,2H2,(H,14,15). The van der Waals surface area contributed by atoms with Gasteiger partial charge in [-0.3, -0.25) is 4.79 Å². The lowest BCUT2D eigenvalue weighted by molar-refractivity contribution is -0.136. The zero-order chi connectivity index (χ0) is 11.6. The van der Waals surface area contributed by atoms with Gasteiger partial charge in [0.15, 0.2) is 0 Å². The number of aliphatic carboxylic acids is 1. The third kappa shape index (κ3) is 3.23. The molecule has 1 heterocycles. The van der Waals surface area contributed by atoms with Gasteiger partial charge in [-0.2, -0.15) is 0 Å². The Balaban J connectivity index is 3.13. The molecule has 0 atom stereocenters. The summed E-state index contributed by atoms with van der Waals surface area (Å²) in [4.78, 5) is 14.0. The Labute approximate surface area is 103 Å². The molecule has 0 spiro atoms. The fourth-order valence-corrected chi connectivity index (χ4v) is 1.82. The van der Waals surface area contributed by atoms with Crippen LogP contribution in [-0.2, 0) is 11.2 Å². The molecule has 0 unspecified atom stereocenters. The molecule has 0 saturated heterocycles. The van der Waals surface area contributed by atoms with Gasteiger partial charge in [-0.1, -0.05) is 11.6 Å². The predicted molar refractivity (Wildman–Crippen MR) is 58.3 cm³/mol. The van der Waals surface area contributed by atoms with Crippen LogP contribution in [0, 0.1) is 3.57 Å². The third-order valence-electron chi connectivity index (χ3n) is 1.58. The molecule has 0 amide bonds. The van der Waals surface area contributed by atoms with Crippen molar-refractivity contribution in [1.29, 1.82) is 0 Å². The van der Waals surface area contributed by atoms with Gasteiger partial charge >= 0.3 is 5.97 Å². The van der Waals surface area contributed by atoms with Crippen molar-refractivity contribution >= 4 is 40.2 Å². The molecule has 0 aliphatic carbocycles. The van der Waals surface area contributed by atoms with Crippen LogP contribution < -0.4 is 0 Å². The lowest BCUT2D eigenvalue weighted by atomic mass is 10.2. The Kier molecular flexibility index (Phi) is 4.21. The Morgan fingerprint density at radius 3 is 2.73 bits per heavy atom. The first-order chi connectivity index (χ1) is 6.91. The van der Waals surface area contributed by atoms with Gasteiger partial charge in [-0.25, -0.2) is 13.8 Å². The highest BCUT2D eigenvalue weighted by atomic mass is 127. The van der Waals surface area contributed by atoms with Crippen LogP contribution in [0.15, 0.2) is 6.07 Å². The van der Waals surface area contributed by atoms with E-state index in [9.17, 15) is 13.6 Å².